The first-order valence-electron chi connectivity index (χ1n) is 7.44. The molecule has 1 fully saturated rings. The average molecular weight is 260 g/mol. The molecule has 0 aliphatic carbocycles. The van der Waals surface area contributed by atoms with Crippen LogP contribution in [0.5, 0.6) is 5.75 Å². The van der Waals surface area contributed by atoms with E-state index in [1.54, 1.807) is 0 Å². The van der Waals surface area contributed by atoms with E-state index in [1.807, 2.05) is 0 Å². The lowest BCUT2D eigenvalue weighted by Crippen LogP contribution is -2.34. The zero-order valence-electron chi connectivity index (χ0n) is 12.0. The number of rotatable bonds is 4. The zero-order chi connectivity index (χ0) is 13.2. The van der Waals surface area contributed by atoms with Crippen LogP contribution in [0.15, 0.2) is 18.2 Å². The van der Waals surface area contributed by atoms with Gasteiger partial charge in [0.05, 0.1) is 6.61 Å². The molecule has 19 heavy (non-hydrogen) atoms. The maximum absolute atomic E-state index is 5.54. The number of hydrogen-bond acceptors (Lipinski definition) is 3. The quantitative estimate of drug-likeness (QED) is 0.898. The molecule has 2 heterocycles. The average Bonchev–Trinajstić information content (AvgIpc) is 3.04. The lowest BCUT2D eigenvalue weighted by molar-refractivity contribution is 0.268. The van der Waals surface area contributed by atoms with E-state index in [-0.39, 0.29) is 0 Å². The van der Waals surface area contributed by atoms with Gasteiger partial charge in [0.15, 0.2) is 0 Å². The molecular formula is C16H24N2O. The van der Waals surface area contributed by atoms with Crippen LogP contribution < -0.4 is 10.1 Å². The smallest absolute Gasteiger partial charge is 0.122 e. The Hall–Kier alpha value is -1.06. The molecule has 1 aromatic rings. The van der Waals surface area contributed by atoms with E-state index >= 15 is 0 Å². The molecule has 0 unspecified atom stereocenters. The van der Waals surface area contributed by atoms with Gasteiger partial charge >= 0.3 is 0 Å². The Balaban J connectivity index is 1.53. The number of ether oxygens (including phenoxy) is 1. The van der Waals surface area contributed by atoms with Crippen molar-refractivity contribution in [2.45, 2.75) is 45.3 Å². The van der Waals surface area contributed by atoms with Gasteiger partial charge in [-0.1, -0.05) is 12.1 Å². The summed E-state index contributed by atoms with van der Waals surface area (Å²) < 4.78 is 5.54. The van der Waals surface area contributed by atoms with Gasteiger partial charge in [0, 0.05) is 31.6 Å². The minimum Gasteiger partial charge on any atom is -0.493 e. The fourth-order valence-electron chi connectivity index (χ4n) is 3.04. The Morgan fingerprint density at radius 3 is 3.11 bits per heavy atom. The second-order valence-corrected chi connectivity index (χ2v) is 6.00. The van der Waals surface area contributed by atoms with Crippen molar-refractivity contribution in [3.63, 3.8) is 0 Å². The van der Waals surface area contributed by atoms with Gasteiger partial charge in [-0.3, -0.25) is 4.90 Å². The molecule has 3 rings (SSSR count). The molecule has 0 aromatic heterocycles. The second kappa shape index (κ2) is 5.51. The number of benzene rings is 1. The topological polar surface area (TPSA) is 24.5 Å². The monoisotopic (exact) mass is 260 g/mol. The fraction of sp³-hybridized carbons (Fsp3) is 0.625. The highest BCUT2D eigenvalue weighted by Crippen LogP contribution is 2.25. The number of hydrogen-bond donors (Lipinski definition) is 1. The van der Waals surface area contributed by atoms with Crippen LogP contribution in [0.25, 0.3) is 0 Å². The molecule has 0 radical (unpaired) electrons. The normalized spacial score (nSPS) is 22.8. The summed E-state index contributed by atoms with van der Waals surface area (Å²) in [4.78, 5) is 2.55. The third-order valence-corrected chi connectivity index (χ3v) is 4.30. The van der Waals surface area contributed by atoms with Crippen LogP contribution in [0.1, 0.15) is 31.4 Å². The summed E-state index contributed by atoms with van der Waals surface area (Å²) in [5.41, 5.74) is 2.75. The predicted molar refractivity (Wildman–Crippen MR) is 77.6 cm³/mol. The van der Waals surface area contributed by atoms with Crippen molar-refractivity contribution >= 4 is 0 Å². The van der Waals surface area contributed by atoms with Gasteiger partial charge in [-0.15, -0.1) is 0 Å². The van der Waals surface area contributed by atoms with E-state index in [0.717, 1.165) is 25.3 Å². The summed E-state index contributed by atoms with van der Waals surface area (Å²) in [6, 6.07) is 7.92. The number of fused-ring (bicyclic) bond motifs is 1. The third-order valence-electron chi connectivity index (χ3n) is 4.30. The number of nitrogens with zero attached hydrogens (tertiary/aromatic N) is 1. The molecule has 3 heteroatoms. The molecule has 1 aromatic carbocycles. The first-order chi connectivity index (χ1) is 9.22. The fourth-order valence-corrected chi connectivity index (χ4v) is 3.04. The summed E-state index contributed by atoms with van der Waals surface area (Å²) in [5, 5.41) is 3.69. The van der Waals surface area contributed by atoms with Crippen molar-refractivity contribution in [3.8, 4) is 5.75 Å². The predicted octanol–water partition coefficient (Wildman–Crippen LogP) is 2.19. The van der Waals surface area contributed by atoms with Crippen LogP contribution in [0.3, 0.4) is 0 Å². The first-order valence-corrected chi connectivity index (χ1v) is 7.44. The van der Waals surface area contributed by atoms with Gasteiger partial charge in [-0.2, -0.15) is 0 Å². The van der Waals surface area contributed by atoms with Crippen molar-refractivity contribution in [1.82, 2.24) is 10.2 Å². The highest BCUT2D eigenvalue weighted by Gasteiger charge is 2.23. The van der Waals surface area contributed by atoms with E-state index in [2.05, 4.69) is 42.3 Å². The molecular weight excluding hydrogens is 236 g/mol. The number of nitrogens with one attached hydrogen (secondary N) is 1. The zero-order valence-corrected chi connectivity index (χ0v) is 12.0. The van der Waals surface area contributed by atoms with Crippen molar-refractivity contribution in [1.29, 1.82) is 0 Å². The Morgan fingerprint density at radius 1 is 1.42 bits per heavy atom. The summed E-state index contributed by atoms with van der Waals surface area (Å²) >= 11 is 0. The summed E-state index contributed by atoms with van der Waals surface area (Å²) in [5.74, 6) is 1.08. The molecule has 1 N–H and O–H groups in total. The van der Waals surface area contributed by atoms with Gasteiger partial charge in [-0.05, 0) is 44.0 Å². The number of likely N-dealkylation sites (tertiary alicyclic amines) is 1. The maximum atomic E-state index is 5.54. The van der Waals surface area contributed by atoms with Crippen molar-refractivity contribution in [2.24, 2.45) is 0 Å². The first kappa shape index (κ1) is 12.9. The molecule has 0 saturated carbocycles. The molecule has 0 spiro atoms. The van der Waals surface area contributed by atoms with Crippen LogP contribution in [0.2, 0.25) is 0 Å². The van der Waals surface area contributed by atoms with E-state index in [1.165, 1.54) is 30.6 Å². The molecule has 3 nitrogen and oxygen atoms in total. The molecule has 1 saturated heterocycles. The van der Waals surface area contributed by atoms with Crippen molar-refractivity contribution < 1.29 is 4.74 Å². The van der Waals surface area contributed by atoms with Crippen LogP contribution in [0, 0.1) is 0 Å². The largest absolute Gasteiger partial charge is 0.493 e. The van der Waals surface area contributed by atoms with E-state index in [0.29, 0.717) is 12.1 Å². The standard InChI is InChI=1S/C16H24N2O/c1-12(2)18-7-5-15(11-18)17-10-13-3-4-16-14(9-13)6-8-19-16/h3-4,9,12,15,17H,5-8,10-11H2,1-2H3/t15-/m0/s1. The van der Waals surface area contributed by atoms with Crippen LogP contribution in [0.4, 0.5) is 0 Å². The summed E-state index contributed by atoms with van der Waals surface area (Å²) in [7, 11) is 0. The molecule has 104 valence electrons. The SMILES string of the molecule is CC(C)N1CC[C@H](NCc2ccc3c(c2)CCO3)C1. The Kier molecular flexibility index (Phi) is 3.76. The molecule has 1 atom stereocenters. The summed E-state index contributed by atoms with van der Waals surface area (Å²) in [6.45, 7) is 8.80. The van der Waals surface area contributed by atoms with Crippen LogP contribution in [-0.4, -0.2) is 36.7 Å². The van der Waals surface area contributed by atoms with E-state index in [9.17, 15) is 0 Å². The Bertz CT molecular complexity index is 444. The van der Waals surface area contributed by atoms with Crippen molar-refractivity contribution in [3.05, 3.63) is 29.3 Å². The van der Waals surface area contributed by atoms with E-state index < -0.39 is 0 Å². The molecule has 2 aliphatic rings. The highest BCUT2D eigenvalue weighted by atomic mass is 16.5. The molecule has 0 amide bonds. The van der Waals surface area contributed by atoms with Gasteiger partial charge in [0.1, 0.15) is 5.75 Å². The lowest BCUT2D eigenvalue weighted by atomic mass is 10.1. The molecule has 2 aliphatic heterocycles. The highest BCUT2D eigenvalue weighted by molar-refractivity contribution is 5.39. The second-order valence-electron chi connectivity index (χ2n) is 6.00. The van der Waals surface area contributed by atoms with Gasteiger partial charge in [0.25, 0.3) is 0 Å². The maximum Gasteiger partial charge on any atom is 0.122 e. The van der Waals surface area contributed by atoms with E-state index in [4.69, 9.17) is 4.74 Å². The summed E-state index contributed by atoms with van der Waals surface area (Å²) in [6.07, 6.45) is 2.33. The molecule has 0 bridgehead atoms. The van der Waals surface area contributed by atoms with Crippen LogP contribution in [-0.2, 0) is 13.0 Å². The Labute approximate surface area is 115 Å². The lowest BCUT2D eigenvalue weighted by Gasteiger charge is -2.20. The van der Waals surface area contributed by atoms with Gasteiger partial charge in [0.2, 0.25) is 0 Å². The van der Waals surface area contributed by atoms with Crippen molar-refractivity contribution in [2.75, 3.05) is 19.7 Å². The minimum atomic E-state index is 0.645. The third kappa shape index (κ3) is 2.93. The Morgan fingerprint density at radius 2 is 2.32 bits per heavy atom. The minimum absolute atomic E-state index is 0.645. The van der Waals surface area contributed by atoms with Gasteiger partial charge in [-0.25, -0.2) is 0 Å². The van der Waals surface area contributed by atoms with Gasteiger partial charge < -0.3 is 10.1 Å². The van der Waals surface area contributed by atoms with Crippen LogP contribution >= 0.6 is 0 Å².